The van der Waals surface area contributed by atoms with Crippen LogP contribution in [-0.4, -0.2) is 53.6 Å². The van der Waals surface area contributed by atoms with Crippen molar-refractivity contribution >= 4 is 34.6 Å². The number of ether oxygens (including phenoxy) is 1. The molecule has 8 nitrogen and oxygen atoms in total. The summed E-state index contributed by atoms with van der Waals surface area (Å²) in [5, 5.41) is 6.97. The van der Waals surface area contributed by atoms with Gasteiger partial charge in [0.2, 0.25) is 5.88 Å². The molecule has 4 aromatic rings. The number of hydrogen-bond acceptors (Lipinski definition) is 7. The molecule has 1 atom stereocenters. The Morgan fingerprint density at radius 2 is 1.95 bits per heavy atom. The highest BCUT2D eigenvalue weighted by Crippen LogP contribution is 2.36. The van der Waals surface area contributed by atoms with Crippen molar-refractivity contribution < 1.29 is 13.9 Å². The van der Waals surface area contributed by atoms with Crippen molar-refractivity contribution in [3.8, 4) is 5.88 Å². The van der Waals surface area contributed by atoms with Gasteiger partial charge in [-0.3, -0.25) is 14.7 Å². The minimum Gasteiger partial charge on any atom is -0.473 e. The number of nitrogens with one attached hydrogen (secondary N) is 2. The lowest BCUT2D eigenvalue weighted by atomic mass is 9.93. The zero-order valence-electron chi connectivity index (χ0n) is 24.2. The SMILES string of the molecule is Cc1ccc(C(=O)Nc2ccc3c(c2)NC(CN2CCC(c4cccc(OCc5ccc(Cl)cc5F)n4)CC2)N3C)cn1. The zero-order chi connectivity index (χ0) is 29.9. The molecule has 1 saturated heterocycles. The van der Waals surface area contributed by atoms with Crippen molar-refractivity contribution in [1.29, 1.82) is 0 Å². The Labute approximate surface area is 255 Å². The molecule has 0 aliphatic carbocycles. The molecule has 222 valence electrons. The lowest BCUT2D eigenvalue weighted by Gasteiger charge is -2.35. The summed E-state index contributed by atoms with van der Waals surface area (Å²) in [4.78, 5) is 26.3. The number of carbonyl (C=O) groups is 1. The number of piperidine rings is 1. The number of aromatic nitrogens is 2. The normalized spacial score (nSPS) is 16.9. The average Bonchev–Trinajstić information content (AvgIpc) is 3.31. The topological polar surface area (TPSA) is 82.6 Å². The van der Waals surface area contributed by atoms with E-state index in [2.05, 4.69) is 32.5 Å². The number of amides is 1. The predicted molar refractivity (Wildman–Crippen MR) is 168 cm³/mol. The van der Waals surface area contributed by atoms with Gasteiger partial charge in [0.15, 0.2) is 0 Å². The van der Waals surface area contributed by atoms with Gasteiger partial charge in [0.1, 0.15) is 18.6 Å². The lowest BCUT2D eigenvalue weighted by molar-refractivity contribution is 0.102. The smallest absolute Gasteiger partial charge is 0.257 e. The van der Waals surface area contributed by atoms with E-state index >= 15 is 0 Å². The fourth-order valence-electron chi connectivity index (χ4n) is 5.64. The number of aryl methyl sites for hydroxylation is 1. The monoisotopic (exact) mass is 600 g/mol. The van der Waals surface area contributed by atoms with Gasteiger partial charge in [-0.15, -0.1) is 0 Å². The van der Waals surface area contributed by atoms with E-state index in [1.54, 1.807) is 24.4 Å². The summed E-state index contributed by atoms with van der Waals surface area (Å²) in [6.07, 6.45) is 3.71. The maximum atomic E-state index is 14.1. The van der Waals surface area contributed by atoms with Crippen LogP contribution in [0.2, 0.25) is 5.02 Å². The number of carbonyl (C=O) groups excluding carboxylic acids is 1. The van der Waals surface area contributed by atoms with Crippen molar-refractivity contribution in [3.63, 3.8) is 0 Å². The van der Waals surface area contributed by atoms with E-state index in [1.165, 1.54) is 6.07 Å². The minimum absolute atomic E-state index is 0.0975. The third kappa shape index (κ3) is 6.73. The van der Waals surface area contributed by atoms with Gasteiger partial charge in [-0.1, -0.05) is 23.7 Å². The average molecular weight is 601 g/mol. The van der Waals surface area contributed by atoms with Crippen molar-refractivity contribution in [3.05, 3.63) is 106 Å². The van der Waals surface area contributed by atoms with Gasteiger partial charge >= 0.3 is 0 Å². The van der Waals surface area contributed by atoms with Gasteiger partial charge in [-0.05, 0) is 81.4 Å². The summed E-state index contributed by atoms with van der Waals surface area (Å²) in [5.41, 5.74) is 5.70. The maximum Gasteiger partial charge on any atom is 0.257 e. The van der Waals surface area contributed by atoms with E-state index in [0.717, 1.165) is 60.9 Å². The van der Waals surface area contributed by atoms with E-state index in [4.69, 9.17) is 21.3 Å². The van der Waals surface area contributed by atoms with Crippen molar-refractivity contribution in [2.75, 3.05) is 42.2 Å². The molecule has 10 heteroatoms. The summed E-state index contributed by atoms with van der Waals surface area (Å²) >= 11 is 5.85. The number of benzene rings is 2. The van der Waals surface area contributed by atoms with Crippen LogP contribution in [-0.2, 0) is 6.61 Å². The predicted octanol–water partition coefficient (Wildman–Crippen LogP) is 6.48. The summed E-state index contributed by atoms with van der Waals surface area (Å²) in [6, 6.07) is 19.9. The number of nitrogens with zero attached hydrogens (tertiary/aromatic N) is 4. The highest BCUT2D eigenvalue weighted by molar-refractivity contribution is 6.30. The molecule has 43 heavy (non-hydrogen) atoms. The van der Waals surface area contributed by atoms with E-state index in [0.29, 0.717) is 27.9 Å². The van der Waals surface area contributed by atoms with Crippen LogP contribution < -0.4 is 20.3 Å². The van der Waals surface area contributed by atoms with Crippen LogP contribution in [0.15, 0.2) is 72.9 Å². The Balaban J connectivity index is 1.01. The molecule has 4 heterocycles. The maximum absolute atomic E-state index is 14.1. The molecule has 6 rings (SSSR count). The van der Waals surface area contributed by atoms with E-state index < -0.39 is 0 Å². The first-order chi connectivity index (χ1) is 20.8. The highest BCUT2D eigenvalue weighted by Gasteiger charge is 2.30. The van der Waals surface area contributed by atoms with Crippen molar-refractivity contribution in [2.24, 2.45) is 0 Å². The molecule has 2 aliphatic heterocycles. The molecule has 2 aliphatic rings. The standard InChI is InChI=1S/C33H34ClFN6O2/c1-21-6-7-23(18-36-21)33(42)37-26-10-11-30-29(17-26)38-31(40(30)2)19-41-14-12-22(13-15-41)28-4-3-5-32(39-28)43-20-24-8-9-25(34)16-27(24)35/h3-11,16-18,22,31,38H,12-15,19-20H2,1-2H3,(H,37,42). The number of rotatable bonds is 8. The quantitative estimate of drug-likeness (QED) is 0.240. The van der Waals surface area contributed by atoms with Gasteiger partial charge in [-0.25, -0.2) is 9.37 Å². The summed E-state index contributed by atoms with van der Waals surface area (Å²) < 4.78 is 19.9. The van der Waals surface area contributed by atoms with Crippen LogP contribution in [0.4, 0.5) is 21.5 Å². The molecule has 0 radical (unpaired) electrons. The van der Waals surface area contributed by atoms with Gasteiger partial charge in [0.25, 0.3) is 5.91 Å². The van der Waals surface area contributed by atoms with Crippen LogP contribution in [0, 0.1) is 12.7 Å². The minimum atomic E-state index is -0.385. The Morgan fingerprint density at radius 3 is 2.72 bits per heavy atom. The van der Waals surface area contributed by atoms with Gasteiger partial charge in [0, 0.05) is 59.4 Å². The van der Waals surface area contributed by atoms with E-state index in [-0.39, 0.29) is 24.5 Å². The second kappa shape index (κ2) is 12.6. The molecule has 1 unspecified atom stereocenters. The number of likely N-dealkylation sites (tertiary alicyclic amines) is 1. The van der Waals surface area contributed by atoms with Crippen LogP contribution in [0.3, 0.4) is 0 Å². The Kier molecular flexibility index (Phi) is 8.44. The third-order valence-corrected chi connectivity index (χ3v) is 8.41. The van der Waals surface area contributed by atoms with Crippen molar-refractivity contribution in [1.82, 2.24) is 14.9 Å². The Bertz CT molecular complexity index is 1610. The first-order valence-electron chi connectivity index (χ1n) is 14.5. The van der Waals surface area contributed by atoms with Gasteiger partial charge in [-0.2, -0.15) is 0 Å². The van der Waals surface area contributed by atoms with E-state index in [9.17, 15) is 9.18 Å². The molecule has 2 N–H and O–H groups in total. The number of pyridine rings is 2. The molecule has 2 aromatic heterocycles. The Hall–Kier alpha value is -4.21. The number of halogens is 2. The summed E-state index contributed by atoms with van der Waals surface area (Å²) in [7, 11) is 2.10. The second-order valence-electron chi connectivity index (χ2n) is 11.1. The summed E-state index contributed by atoms with van der Waals surface area (Å²) in [6.45, 7) is 4.78. The molecule has 0 saturated carbocycles. The van der Waals surface area contributed by atoms with Crippen LogP contribution >= 0.6 is 11.6 Å². The number of fused-ring (bicyclic) bond motifs is 1. The van der Waals surface area contributed by atoms with E-state index in [1.807, 2.05) is 49.4 Å². The molecular formula is C33H34ClFN6O2. The van der Waals surface area contributed by atoms with Crippen LogP contribution in [0.5, 0.6) is 5.88 Å². The fourth-order valence-corrected chi connectivity index (χ4v) is 5.80. The van der Waals surface area contributed by atoms with Crippen LogP contribution in [0.1, 0.15) is 46.1 Å². The Morgan fingerprint density at radius 1 is 1.12 bits per heavy atom. The van der Waals surface area contributed by atoms with Crippen LogP contribution in [0.25, 0.3) is 0 Å². The molecule has 0 spiro atoms. The summed E-state index contributed by atoms with van der Waals surface area (Å²) in [5.74, 6) is 0.272. The highest BCUT2D eigenvalue weighted by atomic mass is 35.5. The zero-order valence-corrected chi connectivity index (χ0v) is 24.9. The first-order valence-corrected chi connectivity index (χ1v) is 14.8. The van der Waals surface area contributed by atoms with Gasteiger partial charge in [0.05, 0.1) is 16.9 Å². The largest absolute Gasteiger partial charge is 0.473 e. The second-order valence-corrected chi connectivity index (χ2v) is 11.6. The number of anilines is 3. The molecule has 1 amide bonds. The first kappa shape index (κ1) is 28.9. The number of hydrogen-bond donors (Lipinski definition) is 2. The molecule has 1 fully saturated rings. The van der Waals surface area contributed by atoms with Crippen molar-refractivity contribution in [2.45, 2.75) is 38.5 Å². The fraction of sp³-hybridized carbons (Fsp3) is 0.303. The molecule has 0 bridgehead atoms. The third-order valence-electron chi connectivity index (χ3n) is 8.17. The molecular weight excluding hydrogens is 567 g/mol. The lowest BCUT2D eigenvalue weighted by Crippen LogP contribution is -2.46. The molecule has 2 aromatic carbocycles. The number of likely N-dealkylation sites (N-methyl/N-ethyl adjacent to an activating group) is 1. The van der Waals surface area contributed by atoms with Gasteiger partial charge < -0.3 is 20.3 Å².